The molecule has 0 aliphatic heterocycles. The van der Waals surface area contributed by atoms with Gasteiger partial charge in [0.1, 0.15) is 6.61 Å². The summed E-state index contributed by atoms with van der Waals surface area (Å²) in [7, 11) is 0. The Kier molecular flexibility index (Phi) is 4.97. The average molecular weight is 240 g/mol. The lowest BCUT2D eigenvalue weighted by atomic mass is 10.1. The fourth-order valence-electron chi connectivity index (χ4n) is 1.16. The van der Waals surface area contributed by atoms with Crippen molar-refractivity contribution in [2.45, 2.75) is 13.3 Å². The van der Waals surface area contributed by atoms with Crippen molar-refractivity contribution in [2.75, 3.05) is 13.2 Å². The Balaban J connectivity index is 2.47. The average Bonchev–Trinajstić information content (AvgIpc) is 2.27. The largest absolute Gasteiger partial charge is 0.373 e. The van der Waals surface area contributed by atoms with Crippen LogP contribution in [-0.2, 0) is 4.74 Å². The van der Waals surface area contributed by atoms with Crippen LogP contribution in [0.5, 0.6) is 0 Å². The van der Waals surface area contributed by atoms with E-state index in [0.717, 1.165) is 17.7 Å². The van der Waals surface area contributed by atoms with Gasteiger partial charge in [-0.25, -0.2) is 8.78 Å². The molecule has 0 atom stereocenters. The molecule has 1 rings (SSSR count). The molecule has 0 saturated carbocycles. The summed E-state index contributed by atoms with van der Waals surface area (Å²) in [5, 5.41) is 0. The van der Waals surface area contributed by atoms with Crippen molar-refractivity contribution >= 4 is 5.78 Å². The zero-order valence-electron chi connectivity index (χ0n) is 9.63. The van der Waals surface area contributed by atoms with Crippen molar-refractivity contribution < 1.29 is 18.3 Å². The normalized spacial score (nSPS) is 10.3. The lowest BCUT2D eigenvalue weighted by Gasteiger charge is -2.04. The molecule has 0 bridgehead atoms. The van der Waals surface area contributed by atoms with E-state index in [0.29, 0.717) is 13.0 Å². The highest BCUT2D eigenvalue weighted by atomic mass is 19.2. The maximum Gasteiger partial charge on any atom is 0.188 e. The van der Waals surface area contributed by atoms with Gasteiger partial charge in [0, 0.05) is 5.56 Å². The number of rotatable bonds is 6. The van der Waals surface area contributed by atoms with Crippen molar-refractivity contribution in [3.05, 3.63) is 47.5 Å². The third-order valence-corrected chi connectivity index (χ3v) is 2.15. The number of carbonyl (C=O) groups is 1. The molecular formula is C13H14F2O2. The molecule has 92 valence electrons. The standard InChI is InChI=1S/C13H14F2O2/c1-9(2)5-6-17-8-13(16)10-3-4-11(14)12(15)7-10/h3-4,7H,1,5-6,8H2,2H3. The van der Waals surface area contributed by atoms with Gasteiger partial charge in [0.15, 0.2) is 17.4 Å². The third kappa shape index (κ3) is 4.44. The molecule has 0 radical (unpaired) electrons. The van der Waals surface area contributed by atoms with Crippen molar-refractivity contribution in [2.24, 2.45) is 0 Å². The minimum atomic E-state index is -1.03. The molecule has 0 aliphatic rings. The second kappa shape index (κ2) is 6.25. The minimum absolute atomic E-state index is 0.110. The van der Waals surface area contributed by atoms with E-state index >= 15 is 0 Å². The van der Waals surface area contributed by atoms with Gasteiger partial charge in [0.25, 0.3) is 0 Å². The predicted octanol–water partition coefficient (Wildman–Crippen LogP) is 3.13. The first-order valence-corrected chi connectivity index (χ1v) is 5.21. The van der Waals surface area contributed by atoms with E-state index in [1.165, 1.54) is 6.07 Å². The second-order valence-electron chi connectivity index (χ2n) is 3.81. The van der Waals surface area contributed by atoms with Gasteiger partial charge in [-0.05, 0) is 31.5 Å². The van der Waals surface area contributed by atoms with E-state index in [1.807, 2.05) is 6.92 Å². The molecule has 2 nitrogen and oxygen atoms in total. The Hall–Kier alpha value is -1.55. The summed E-state index contributed by atoms with van der Waals surface area (Å²) in [6.07, 6.45) is 0.672. The van der Waals surface area contributed by atoms with Crippen LogP contribution in [0.4, 0.5) is 8.78 Å². The van der Waals surface area contributed by atoms with Crippen LogP contribution in [0.1, 0.15) is 23.7 Å². The Morgan fingerprint density at radius 1 is 1.35 bits per heavy atom. The molecule has 0 unspecified atom stereocenters. The van der Waals surface area contributed by atoms with Gasteiger partial charge in [-0.15, -0.1) is 6.58 Å². The number of hydrogen-bond donors (Lipinski definition) is 0. The highest BCUT2D eigenvalue weighted by Crippen LogP contribution is 2.09. The number of ketones is 1. The Morgan fingerprint density at radius 2 is 2.06 bits per heavy atom. The van der Waals surface area contributed by atoms with Crippen LogP contribution in [0.3, 0.4) is 0 Å². The summed E-state index contributed by atoms with van der Waals surface area (Å²) >= 11 is 0. The highest BCUT2D eigenvalue weighted by Gasteiger charge is 2.09. The van der Waals surface area contributed by atoms with Gasteiger partial charge >= 0.3 is 0 Å². The molecule has 0 heterocycles. The van der Waals surface area contributed by atoms with E-state index in [9.17, 15) is 13.6 Å². The number of carbonyl (C=O) groups excluding carboxylic acids is 1. The molecule has 0 saturated heterocycles. The molecule has 0 aliphatic carbocycles. The monoisotopic (exact) mass is 240 g/mol. The predicted molar refractivity (Wildman–Crippen MR) is 60.9 cm³/mol. The summed E-state index contributed by atoms with van der Waals surface area (Å²) in [4.78, 5) is 11.5. The van der Waals surface area contributed by atoms with Gasteiger partial charge < -0.3 is 4.74 Å². The second-order valence-corrected chi connectivity index (χ2v) is 3.81. The molecule has 4 heteroatoms. The first-order chi connectivity index (χ1) is 8.00. The van der Waals surface area contributed by atoms with E-state index in [1.54, 1.807) is 0 Å². The lowest BCUT2D eigenvalue weighted by Crippen LogP contribution is -2.10. The smallest absolute Gasteiger partial charge is 0.188 e. The molecule has 0 N–H and O–H groups in total. The van der Waals surface area contributed by atoms with Crippen molar-refractivity contribution in [1.82, 2.24) is 0 Å². The van der Waals surface area contributed by atoms with E-state index in [-0.39, 0.29) is 18.0 Å². The van der Waals surface area contributed by atoms with Gasteiger partial charge in [-0.1, -0.05) is 5.57 Å². The van der Waals surface area contributed by atoms with Crippen molar-refractivity contribution in [1.29, 1.82) is 0 Å². The molecular weight excluding hydrogens is 226 g/mol. The molecule has 0 amide bonds. The van der Waals surface area contributed by atoms with Gasteiger partial charge in [0.2, 0.25) is 0 Å². The maximum atomic E-state index is 12.9. The summed E-state index contributed by atoms with van der Waals surface area (Å²) in [6, 6.07) is 3.04. The summed E-state index contributed by atoms with van der Waals surface area (Å²) in [5.74, 6) is -2.37. The fourth-order valence-corrected chi connectivity index (χ4v) is 1.16. The van der Waals surface area contributed by atoms with Gasteiger partial charge in [-0.3, -0.25) is 4.79 Å². The first kappa shape index (κ1) is 13.5. The van der Waals surface area contributed by atoms with Crippen LogP contribution in [0.15, 0.2) is 30.4 Å². The van der Waals surface area contributed by atoms with Gasteiger partial charge in [0.05, 0.1) is 6.61 Å². The Bertz CT molecular complexity index is 427. The topological polar surface area (TPSA) is 26.3 Å². The molecule has 0 aromatic heterocycles. The number of hydrogen-bond acceptors (Lipinski definition) is 2. The number of ether oxygens (including phenoxy) is 1. The number of benzene rings is 1. The summed E-state index contributed by atoms with van der Waals surface area (Å²) in [5.41, 5.74) is 1.07. The first-order valence-electron chi connectivity index (χ1n) is 5.21. The summed E-state index contributed by atoms with van der Waals surface area (Å²) < 4.78 is 30.6. The van der Waals surface area contributed by atoms with Crippen molar-refractivity contribution in [3.63, 3.8) is 0 Å². The minimum Gasteiger partial charge on any atom is -0.373 e. The molecule has 0 fully saturated rings. The van der Waals surface area contributed by atoms with Crippen LogP contribution in [0.2, 0.25) is 0 Å². The van der Waals surface area contributed by atoms with E-state index < -0.39 is 11.6 Å². The Labute approximate surface area is 98.9 Å². The molecule has 0 spiro atoms. The number of Topliss-reactive ketones (excluding diaryl/α,β-unsaturated/α-hetero) is 1. The number of halogens is 2. The zero-order chi connectivity index (χ0) is 12.8. The van der Waals surface area contributed by atoms with Crippen LogP contribution in [0.25, 0.3) is 0 Å². The van der Waals surface area contributed by atoms with Crippen LogP contribution < -0.4 is 0 Å². The molecule has 1 aromatic rings. The van der Waals surface area contributed by atoms with E-state index in [4.69, 9.17) is 4.74 Å². The van der Waals surface area contributed by atoms with Crippen LogP contribution >= 0.6 is 0 Å². The zero-order valence-corrected chi connectivity index (χ0v) is 9.63. The maximum absolute atomic E-state index is 12.9. The Morgan fingerprint density at radius 3 is 2.65 bits per heavy atom. The van der Waals surface area contributed by atoms with Gasteiger partial charge in [-0.2, -0.15) is 0 Å². The third-order valence-electron chi connectivity index (χ3n) is 2.15. The van der Waals surface area contributed by atoms with E-state index in [2.05, 4.69) is 6.58 Å². The highest BCUT2D eigenvalue weighted by molar-refractivity contribution is 5.97. The molecule has 1 aromatic carbocycles. The fraction of sp³-hybridized carbons (Fsp3) is 0.308. The van der Waals surface area contributed by atoms with Crippen LogP contribution in [-0.4, -0.2) is 19.0 Å². The van der Waals surface area contributed by atoms with Crippen molar-refractivity contribution in [3.8, 4) is 0 Å². The molecule has 17 heavy (non-hydrogen) atoms. The van der Waals surface area contributed by atoms with Crippen LogP contribution in [0, 0.1) is 11.6 Å². The SMILES string of the molecule is C=C(C)CCOCC(=O)c1ccc(F)c(F)c1. The quantitative estimate of drug-likeness (QED) is 0.434. The summed E-state index contributed by atoms with van der Waals surface area (Å²) in [6.45, 7) is 5.81. The lowest BCUT2D eigenvalue weighted by molar-refractivity contribution is 0.0765.